The van der Waals surface area contributed by atoms with E-state index in [9.17, 15) is 5.11 Å². The number of benzene rings is 2. The van der Waals surface area contributed by atoms with Crippen LogP contribution in [0.15, 0.2) is 72.8 Å². The van der Waals surface area contributed by atoms with E-state index in [4.69, 9.17) is 0 Å². The molecule has 0 saturated carbocycles. The molecule has 102 valence electrons. The van der Waals surface area contributed by atoms with Gasteiger partial charge in [-0.2, -0.15) is 0 Å². The third-order valence-electron chi connectivity index (χ3n) is 4.18. The number of aliphatic hydroxyl groups excluding tert-OH is 1. The summed E-state index contributed by atoms with van der Waals surface area (Å²) in [7, 11) is 0. The summed E-state index contributed by atoms with van der Waals surface area (Å²) in [5.74, 6) is 0.723. The first-order chi connectivity index (χ1) is 9.84. The number of rotatable bonds is 3. The maximum Gasteiger partial charge on any atom is 0.0852 e. The molecular weight excluding hydrogens is 244 g/mol. The van der Waals surface area contributed by atoms with E-state index in [-0.39, 0.29) is 5.92 Å². The zero-order valence-electron chi connectivity index (χ0n) is 11.5. The van der Waals surface area contributed by atoms with Gasteiger partial charge in [0.15, 0.2) is 0 Å². The molecule has 0 fully saturated rings. The van der Waals surface area contributed by atoms with E-state index < -0.39 is 6.10 Å². The molecule has 1 N–H and O–H groups in total. The molecule has 0 saturated heterocycles. The average molecular weight is 264 g/mol. The molecule has 2 aromatic carbocycles. The van der Waals surface area contributed by atoms with Crippen LogP contribution in [0.3, 0.4) is 0 Å². The van der Waals surface area contributed by atoms with Crippen molar-refractivity contribution in [3.8, 4) is 0 Å². The molecular formula is C19H20O. The maximum absolute atomic E-state index is 10.6. The first-order valence-corrected chi connectivity index (χ1v) is 7.29. The fourth-order valence-corrected chi connectivity index (χ4v) is 3.05. The molecule has 0 heterocycles. The third kappa shape index (κ3) is 2.83. The molecule has 0 aromatic heterocycles. The summed E-state index contributed by atoms with van der Waals surface area (Å²) in [5, 5.41) is 10.6. The van der Waals surface area contributed by atoms with Crippen molar-refractivity contribution in [2.45, 2.75) is 24.9 Å². The molecule has 3 rings (SSSR count). The fourth-order valence-electron chi connectivity index (χ4n) is 3.05. The predicted octanol–water partition coefficient (Wildman–Crippen LogP) is 4.47. The number of aliphatic hydroxyl groups is 1. The summed E-state index contributed by atoms with van der Waals surface area (Å²) in [6.45, 7) is 0. The van der Waals surface area contributed by atoms with E-state index in [1.165, 1.54) is 5.56 Å². The lowest BCUT2D eigenvalue weighted by molar-refractivity contribution is 0.120. The highest BCUT2D eigenvalue weighted by Crippen LogP contribution is 2.37. The van der Waals surface area contributed by atoms with Gasteiger partial charge in [0.2, 0.25) is 0 Å². The predicted molar refractivity (Wildman–Crippen MR) is 82.4 cm³/mol. The van der Waals surface area contributed by atoms with E-state index in [1.807, 2.05) is 30.3 Å². The van der Waals surface area contributed by atoms with Crippen molar-refractivity contribution < 1.29 is 5.11 Å². The molecule has 0 aliphatic heterocycles. The Kier molecular flexibility index (Phi) is 3.98. The van der Waals surface area contributed by atoms with Gasteiger partial charge in [0.25, 0.3) is 0 Å². The minimum atomic E-state index is -0.404. The molecule has 1 nitrogen and oxygen atoms in total. The number of hydrogen-bond acceptors (Lipinski definition) is 1. The van der Waals surface area contributed by atoms with Gasteiger partial charge in [0.1, 0.15) is 0 Å². The van der Waals surface area contributed by atoms with E-state index in [0.29, 0.717) is 5.92 Å². The summed E-state index contributed by atoms with van der Waals surface area (Å²) < 4.78 is 0. The second kappa shape index (κ2) is 6.06. The Morgan fingerprint density at radius 1 is 0.900 bits per heavy atom. The van der Waals surface area contributed by atoms with Gasteiger partial charge in [-0.1, -0.05) is 72.8 Å². The van der Waals surface area contributed by atoms with E-state index >= 15 is 0 Å². The van der Waals surface area contributed by atoms with Gasteiger partial charge >= 0.3 is 0 Å². The Morgan fingerprint density at radius 2 is 1.55 bits per heavy atom. The van der Waals surface area contributed by atoms with Crippen LogP contribution in [-0.4, -0.2) is 5.11 Å². The van der Waals surface area contributed by atoms with Gasteiger partial charge in [-0.15, -0.1) is 0 Å². The lowest BCUT2D eigenvalue weighted by Gasteiger charge is -2.28. The highest BCUT2D eigenvalue weighted by molar-refractivity contribution is 5.25. The monoisotopic (exact) mass is 264 g/mol. The van der Waals surface area contributed by atoms with Crippen LogP contribution in [0.2, 0.25) is 0 Å². The van der Waals surface area contributed by atoms with Crippen molar-refractivity contribution >= 4 is 0 Å². The smallest absolute Gasteiger partial charge is 0.0852 e. The average Bonchev–Trinajstić information content (AvgIpc) is 2.56. The topological polar surface area (TPSA) is 20.2 Å². The van der Waals surface area contributed by atoms with Crippen LogP contribution in [-0.2, 0) is 0 Å². The lowest BCUT2D eigenvalue weighted by atomic mass is 9.78. The van der Waals surface area contributed by atoms with Crippen molar-refractivity contribution in [2.24, 2.45) is 5.92 Å². The molecule has 0 spiro atoms. The van der Waals surface area contributed by atoms with Gasteiger partial charge in [-0.25, -0.2) is 0 Å². The first kappa shape index (κ1) is 13.1. The molecule has 0 amide bonds. The highest BCUT2D eigenvalue weighted by Gasteiger charge is 2.25. The van der Waals surface area contributed by atoms with Crippen LogP contribution in [0.1, 0.15) is 36.0 Å². The van der Waals surface area contributed by atoms with Gasteiger partial charge in [0.05, 0.1) is 6.10 Å². The normalized spacial score (nSPS) is 23.4. The molecule has 0 radical (unpaired) electrons. The van der Waals surface area contributed by atoms with Gasteiger partial charge < -0.3 is 5.11 Å². The van der Waals surface area contributed by atoms with Crippen molar-refractivity contribution in [2.75, 3.05) is 0 Å². The highest BCUT2D eigenvalue weighted by atomic mass is 16.3. The minimum absolute atomic E-state index is 0.205. The summed E-state index contributed by atoms with van der Waals surface area (Å²) in [6, 6.07) is 20.6. The quantitative estimate of drug-likeness (QED) is 0.811. The number of allylic oxidation sites excluding steroid dienone is 1. The van der Waals surface area contributed by atoms with Gasteiger partial charge in [0, 0.05) is 5.92 Å². The summed E-state index contributed by atoms with van der Waals surface area (Å²) in [6.07, 6.45) is 6.08. The van der Waals surface area contributed by atoms with Crippen molar-refractivity contribution in [1.29, 1.82) is 0 Å². The standard InChI is InChI=1S/C19H20O/c20-19(16-10-5-2-6-11-16)18-13-7-12-17(14-18)15-8-3-1-4-9-15/h1-11,13,17-20H,12,14H2/t17-,18+,19-/m0/s1. The van der Waals surface area contributed by atoms with Gasteiger partial charge in [-0.3, -0.25) is 0 Å². The van der Waals surface area contributed by atoms with Crippen molar-refractivity contribution in [3.05, 3.63) is 83.9 Å². The van der Waals surface area contributed by atoms with Crippen LogP contribution in [0.4, 0.5) is 0 Å². The maximum atomic E-state index is 10.6. The van der Waals surface area contributed by atoms with Crippen LogP contribution >= 0.6 is 0 Å². The van der Waals surface area contributed by atoms with Crippen LogP contribution < -0.4 is 0 Å². The largest absolute Gasteiger partial charge is 0.388 e. The fraction of sp³-hybridized carbons (Fsp3) is 0.263. The lowest BCUT2D eigenvalue weighted by Crippen LogP contribution is -2.17. The second-order valence-electron chi connectivity index (χ2n) is 5.53. The van der Waals surface area contributed by atoms with Gasteiger partial charge in [-0.05, 0) is 29.9 Å². The zero-order chi connectivity index (χ0) is 13.8. The summed E-state index contributed by atoms with van der Waals surface area (Å²) in [5.41, 5.74) is 2.39. The van der Waals surface area contributed by atoms with Crippen LogP contribution in [0.5, 0.6) is 0 Å². The van der Waals surface area contributed by atoms with Crippen molar-refractivity contribution in [1.82, 2.24) is 0 Å². The molecule has 1 aliphatic rings. The van der Waals surface area contributed by atoms with E-state index in [2.05, 4.69) is 42.5 Å². The molecule has 1 aliphatic carbocycles. The summed E-state index contributed by atoms with van der Waals surface area (Å²) in [4.78, 5) is 0. The molecule has 2 aromatic rings. The zero-order valence-corrected chi connectivity index (χ0v) is 11.5. The Labute approximate surface area is 120 Å². The SMILES string of the molecule is O[C@@H](c1ccccc1)[C@@H]1C=CC[C@H](c2ccccc2)C1. The Hall–Kier alpha value is -1.86. The Morgan fingerprint density at radius 3 is 2.25 bits per heavy atom. The molecule has 0 unspecified atom stereocenters. The minimum Gasteiger partial charge on any atom is -0.388 e. The molecule has 0 bridgehead atoms. The molecule has 3 atom stereocenters. The number of hydrogen-bond donors (Lipinski definition) is 1. The second-order valence-corrected chi connectivity index (χ2v) is 5.53. The van der Waals surface area contributed by atoms with E-state index in [0.717, 1.165) is 18.4 Å². The van der Waals surface area contributed by atoms with E-state index in [1.54, 1.807) is 0 Å². The van der Waals surface area contributed by atoms with Crippen LogP contribution in [0, 0.1) is 5.92 Å². The van der Waals surface area contributed by atoms with Crippen molar-refractivity contribution in [3.63, 3.8) is 0 Å². The summed E-state index contributed by atoms with van der Waals surface area (Å²) >= 11 is 0. The first-order valence-electron chi connectivity index (χ1n) is 7.29. The Balaban J connectivity index is 1.76. The molecule has 1 heteroatoms. The third-order valence-corrected chi connectivity index (χ3v) is 4.18. The van der Waals surface area contributed by atoms with Crippen LogP contribution in [0.25, 0.3) is 0 Å². The Bertz CT molecular complexity index is 559. The molecule has 20 heavy (non-hydrogen) atoms.